The molecule has 0 bridgehead atoms. The van der Waals surface area contributed by atoms with Crippen molar-refractivity contribution in [3.05, 3.63) is 50.2 Å². The maximum absolute atomic E-state index is 10.9. The number of aromatic nitrogens is 2. The highest BCUT2D eigenvalue weighted by Crippen LogP contribution is 2.26. The van der Waals surface area contributed by atoms with Crippen molar-refractivity contribution in [2.75, 3.05) is 0 Å². The van der Waals surface area contributed by atoms with Gasteiger partial charge in [0.15, 0.2) is 0 Å². The lowest BCUT2D eigenvalue weighted by atomic mass is 10.2. The Labute approximate surface area is 115 Å². The van der Waals surface area contributed by atoms with Crippen LogP contribution in [0, 0.1) is 17.0 Å². The van der Waals surface area contributed by atoms with E-state index in [2.05, 4.69) is 21.0 Å². The zero-order valence-corrected chi connectivity index (χ0v) is 11.3. The van der Waals surface area contributed by atoms with E-state index in [1.54, 1.807) is 6.92 Å². The van der Waals surface area contributed by atoms with E-state index in [1.807, 2.05) is 0 Å². The number of aryl methyl sites for hydroxylation is 1. The molecule has 0 atom stereocenters. The number of hydrogen-bond donors (Lipinski definition) is 1. The molecule has 0 aliphatic carbocycles. The molecule has 0 radical (unpaired) electrons. The first kappa shape index (κ1) is 13.2. The number of nitro groups is 1. The second-order valence-electron chi connectivity index (χ2n) is 3.77. The number of carboxylic acids is 1. The van der Waals surface area contributed by atoms with Crippen LogP contribution in [0.15, 0.2) is 28.9 Å². The first-order chi connectivity index (χ1) is 8.90. The predicted molar refractivity (Wildman–Crippen MR) is 69.6 cm³/mol. The molecular weight excluding hydrogens is 318 g/mol. The van der Waals surface area contributed by atoms with Crippen molar-refractivity contribution in [2.24, 2.45) is 0 Å². The minimum Gasteiger partial charge on any atom is -0.478 e. The Hall–Kier alpha value is -2.22. The molecule has 2 aromatic rings. The molecule has 0 spiro atoms. The molecule has 19 heavy (non-hydrogen) atoms. The number of non-ortho nitro benzene ring substituents is 1. The SMILES string of the molecule is Cc1nn(-c2ccc([N+](=O)[O-])cc2Br)cc1C(=O)O. The van der Waals surface area contributed by atoms with Crippen molar-refractivity contribution in [3.63, 3.8) is 0 Å². The van der Waals surface area contributed by atoms with E-state index in [4.69, 9.17) is 5.11 Å². The van der Waals surface area contributed by atoms with E-state index in [-0.39, 0.29) is 11.3 Å². The zero-order chi connectivity index (χ0) is 14.2. The molecule has 1 aromatic heterocycles. The first-order valence-electron chi connectivity index (χ1n) is 5.14. The summed E-state index contributed by atoms with van der Waals surface area (Å²) in [5.41, 5.74) is 0.933. The molecule has 1 heterocycles. The standard InChI is InChI=1S/C11H8BrN3O4/c1-6-8(11(16)17)5-14(13-6)10-3-2-7(15(18)19)4-9(10)12/h2-5H,1H3,(H,16,17). The molecule has 0 saturated heterocycles. The fraction of sp³-hybridized carbons (Fsp3) is 0.0909. The van der Waals surface area contributed by atoms with Crippen molar-refractivity contribution < 1.29 is 14.8 Å². The molecule has 1 aromatic carbocycles. The van der Waals surface area contributed by atoms with E-state index >= 15 is 0 Å². The summed E-state index contributed by atoms with van der Waals surface area (Å²) in [7, 11) is 0. The highest BCUT2D eigenvalue weighted by atomic mass is 79.9. The van der Waals surface area contributed by atoms with Crippen LogP contribution in [-0.4, -0.2) is 25.8 Å². The Kier molecular flexibility index (Phi) is 3.34. The minimum atomic E-state index is -1.07. The lowest BCUT2D eigenvalue weighted by molar-refractivity contribution is -0.384. The van der Waals surface area contributed by atoms with Gasteiger partial charge in [0, 0.05) is 18.3 Å². The summed E-state index contributed by atoms with van der Waals surface area (Å²) in [5.74, 6) is -1.07. The number of aromatic carboxylic acids is 1. The van der Waals surface area contributed by atoms with E-state index < -0.39 is 10.9 Å². The second-order valence-corrected chi connectivity index (χ2v) is 4.63. The number of carbonyl (C=O) groups is 1. The summed E-state index contributed by atoms with van der Waals surface area (Å²) in [6.07, 6.45) is 1.36. The second kappa shape index (κ2) is 4.81. The van der Waals surface area contributed by atoms with Crippen LogP contribution in [0.5, 0.6) is 0 Å². The van der Waals surface area contributed by atoms with Crippen LogP contribution < -0.4 is 0 Å². The van der Waals surface area contributed by atoms with Crippen molar-refractivity contribution in [3.8, 4) is 5.69 Å². The molecule has 8 heteroatoms. The molecule has 0 aliphatic heterocycles. The Balaban J connectivity index is 2.50. The third-order valence-electron chi connectivity index (χ3n) is 2.52. The van der Waals surface area contributed by atoms with Crippen molar-refractivity contribution in [2.45, 2.75) is 6.92 Å². The molecule has 2 rings (SSSR count). The molecule has 7 nitrogen and oxygen atoms in total. The number of hydrogen-bond acceptors (Lipinski definition) is 4. The van der Waals surface area contributed by atoms with Gasteiger partial charge >= 0.3 is 5.97 Å². The van der Waals surface area contributed by atoms with Crippen molar-refractivity contribution >= 4 is 27.6 Å². The summed E-state index contributed by atoms with van der Waals surface area (Å²) < 4.78 is 1.83. The molecule has 1 N–H and O–H groups in total. The van der Waals surface area contributed by atoms with Gasteiger partial charge < -0.3 is 5.11 Å². The summed E-state index contributed by atoms with van der Waals surface area (Å²) in [6, 6.07) is 4.17. The molecule has 0 saturated carbocycles. The van der Waals surface area contributed by atoms with Crippen molar-refractivity contribution in [1.82, 2.24) is 9.78 Å². The molecule has 0 amide bonds. The minimum absolute atomic E-state index is 0.0574. The van der Waals surface area contributed by atoms with Gasteiger partial charge in [-0.05, 0) is 28.9 Å². The fourth-order valence-corrected chi connectivity index (χ4v) is 2.14. The summed E-state index contributed by atoms with van der Waals surface area (Å²) in [4.78, 5) is 21.1. The van der Waals surface area contributed by atoms with Crippen LogP contribution >= 0.6 is 15.9 Å². The molecular formula is C11H8BrN3O4. The maximum atomic E-state index is 10.9. The Bertz CT molecular complexity index is 681. The van der Waals surface area contributed by atoms with Crippen LogP contribution in [0.25, 0.3) is 5.69 Å². The predicted octanol–water partition coefficient (Wildman–Crippen LogP) is 2.55. The number of rotatable bonds is 3. The molecule has 0 unspecified atom stereocenters. The van der Waals surface area contributed by atoms with Gasteiger partial charge in [-0.1, -0.05) is 0 Å². The topological polar surface area (TPSA) is 98.3 Å². The number of carboxylic acid groups (broad SMARTS) is 1. The molecule has 0 fully saturated rings. The van der Waals surface area contributed by atoms with Gasteiger partial charge in [0.1, 0.15) is 5.56 Å². The quantitative estimate of drug-likeness (QED) is 0.690. The largest absolute Gasteiger partial charge is 0.478 e. The van der Waals surface area contributed by atoms with Crippen LogP contribution in [0.3, 0.4) is 0 Å². The van der Waals surface area contributed by atoms with Gasteiger partial charge in [0.05, 0.1) is 20.8 Å². The molecule has 98 valence electrons. The van der Waals surface area contributed by atoms with E-state index in [1.165, 1.54) is 29.1 Å². The monoisotopic (exact) mass is 325 g/mol. The van der Waals surface area contributed by atoms with E-state index in [9.17, 15) is 14.9 Å². The van der Waals surface area contributed by atoms with E-state index in [0.29, 0.717) is 15.9 Å². The Morgan fingerprint density at radius 2 is 2.21 bits per heavy atom. The van der Waals surface area contributed by atoms with Gasteiger partial charge in [-0.25, -0.2) is 9.48 Å². The average molecular weight is 326 g/mol. The maximum Gasteiger partial charge on any atom is 0.339 e. The first-order valence-corrected chi connectivity index (χ1v) is 5.93. The highest BCUT2D eigenvalue weighted by Gasteiger charge is 2.15. The smallest absolute Gasteiger partial charge is 0.339 e. The van der Waals surface area contributed by atoms with Gasteiger partial charge in [-0.2, -0.15) is 5.10 Å². The normalized spacial score (nSPS) is 10.4. The Morgan fingerprint density at radius 3 is 2.68 bits per heavy atom. The zero-order valence-electron chi connectivity index (χ0n) is 9.70. The van der Waals surface area contributed by atoms with Crippen LogP contribution in [0.2, 0.25) is 0 Å². The van der Waals surface area contributed by atoms with Crippen LogP contribution in [0.4, 0.5) is 5.69 Å². The molecule has 0 aliphatic rings. The number of halogens is 1. The summed E-state index contributed by atoms with van der Waals surface area (Å²) in [5, 5.41) is 23.7. The fourth-order valence-electron chi connectivity index (χ4n) is 1.59. The van der Waals surface area contributed by atoms with Gasteiger partial charge in [0.2, 0.25) is 0 Å². The lowest BCUT2D eigenvalue weighted by Crippen LogP contribution is -1.98. The van der Waals surface area contributed by atoms with E-state index in [0.717, 1.165) is 0 Å². The van der Waals surface area contributed by atoms with Gasteiger partial charge in [-0.15, -0.1) is 0 Å². The third kappa shape index (κ3) is 2.48. The number of benzene rings is 1. The number of nitro benzene ring substituents is 1. The lowest BCUT2D eigenvalue weighted by Gasteiger charge is -2.03. The van der Waals surface area contributed by atoms with Gasteiger partial charge in [0.25, 0.3) is 5.69 Å². The summed E-state index contributed by atoms with van der Waals surface area (Å²) >= 11 is 3.21. The third-order valence-corrected chi connectivity index (χ3v) is 3.15. The van der Waals surface area contributed by atoms with Crippen LogP contribution in [-0.2, 0) is 0 Å². The van der Waals surface area contributed by atoms with Crippen molar-refractivity contribution in [1.29, 1.82) is 0 Å². The highest BCUT2D eigenvalue weighted by molar-refractivity contribution is 9.10. The Morgan fingerprint density at radius 1 is 1.53 bits per heavy atom. The van der Waals surface area contributed by atoms with Crippen LogP contribution in [0.1, 0.15) is 16.1 Å². The summed E-state index contributed by atoms with van der Waals surface area (Å²) in [6.45, 7) is 1.58. The number of nitrogens with zero attached hydrogens (tertiary/aromatic N) is 3. The van der Waals surface area contributed by atoms with Gasteiger partial charge in [-0.3, -0.25) is 10.1 Å². The average Bonchev–Trinajstić information content (AvgIpc) is 2.71.